The molecular weight excluding hydrogens is 394 g/mol. The van der Waals surface area contributed by atoms with Crippen molar-refractivity contribution in [2.45, 2.75) is 64.6 Å². The Bertz CT molecular complexity index is 1180. The molecule has 1 aliphatic carbocycles. The summed E-state index contributed by atoms with van der Waals surface area (Å²) in [6.45, 7) is 7.42. The van der Waals surface area contributed by atoms with E-state index >= 15 is 0 Å². The third-order valence-electron chi connectivity index (χ3n) is 5.30. The van der Waals surface area contributed by atoms with Gasteiger partial charge in [-0.2, -0.15) is 5.10 Å². The van der Waals surface area contributed by atoms with Crippen LogP contribution in [-0.4, -0.2) is 31.0 Å². The highest BCUT2D eigenvalue weighted by Crippen LogP contribution is 2.37. The van der Waals surface area contributed by atoms with Crippen LogP contribution in [0.1, 0.15) is 64.9 Å². The number of hydrogen-bond acceptors (Lipinski definition) is 5. The fourth-order valence-electron chi connectivity index (χ4n) is 3.79. The molecule has 4 rings (SSSR count). The van der Waals surface area contributed by atoms with E-state index in [-0.39, 0.29) is 11.6 Å². The van der Waals surface area contributed by atoms with Crippen molar-refractivity contribution in [3.8, 4) is 11.1 Å². The van der Waals surface area contributed by atoms with Crippen molar-refractivity contribution in [2.24, 2.45) is 7.05 Å². The van der Waals surface area contributed by atoms with Gasteiger partial charge in [0.2, 0.25) is 0 Å². The van der Waals surface area contributed by atoms with Gasteiger partial charge in [0, 0.05) is 24.8 Å². The smallest absolute Gasteiger partial charge is 0.408 e. The van der Waals surface area contributed by atoms with Gasteiger partial charge < -0.3 is 10.1 Å². The van der Waals surface area contributed by atoms with E-state index in [0.717, 1.165) is 24.0 Å². The van der Waals surface area contributed by atoms with Gasteiger partial charge in [-0.05, 0) is 51.7 Å². The van der Waals surface area contributed by atoms with Gasteiger partial charge in [0.15, 0.2) is 0 Å². The number of nitrogens with zero attached hydrogens (tertiary/aromatic N) is 4. The van der Waals surface area contributed by atoms with Gasteiger partial charge in [0.1, 0.15) is 11.4 Å². The highest BCUT2D eigenvalue weighted by molar-refractivity contribution is 5.93. The summed E-state index contributed by atoms with van der Waals surface area (Å²) in [6, 6.07) is 5.35. The summed E-state index contributed by atoms with van der Waals surface area (Å²) < 4.78 is 8.92. The maximum Gasteiger partial charge on any atom is 0.408 e. The predicted octanol–water partition coefficient (Wildman–Crippen LogP) is 4.11. The molecule has 1 atom stereocenters. The molecule has 1 fully saturated rings. The second kappa shape index (κ2) is 7.83. The zero-order chi connectivity index (χ0) is 22.3. The van der Waals surface area contributed by atoms with Gasteiger partial charge in [-0.25, -0.2) is 9.78 Å². The number of alkyl carbamates (subject to hydrolysis) is 1. The van der Waals surface area contributed by atoms with Crippen LogP contribution in [0.4, 0.5) is 4.79 Å². The van der Waals surface area contributed by atoms with Crippen LogP contribution in [-0.2, 0) is 11.8 Å². The van der Waals surface area contributed by atoms with Crippen molar-refractivity contribution < 1.29 is 9.53 Å². The predicted molar refractivity (Wildman–Crippen MR) is 119 cm³/mol. The van der Waals surface area contributed by atoms with Crippen LogP contribution in [0, 0.1) is 0 Å². The normalized spacial score (nSPS) is 15.1. The molecule has 0 aliphatic heterocycles. The molecule has 3 aromatic rings. The Kier molecular flexibility index (Phi) is 5.33. The number of nitrogens with one attached hydrogen (secondary N) is 1. The first-order valence-corrected chi connectivity index (χ1v) is 10.7. The average Bonchev–Trinajstić information content (AvgIpc) is 3.43. The minimum Gasteiger partial charge on any atom is -0.444 e. The number of rotatable bonds is 5. The molecule has 1 saturated carbocycles. The lowest BCUT2D eigenvalue weighted by molar-refractivity contribution is 0.0498. The summed E-state index contributed by atoms with van der Waals surface area (Å²) >= 11 is 0. The number of benzene rings is 1. The van der Waals surface area contributed by atoms with Gasteiger partial charge in [0.05, 0.1) is 23.1 Å². The largest absolute Gasteiger partial charge is 0.444 e. The van der Waals surface area contributed by atoms with Crippen molar-refractivity contribution >= 4 is 17.0 Å². The Morgan fingerprint density at radius 2 is 2.06 bits per heavy atom. The fraction of sp³-hybridized carbons (Fsp3) is 0.478. The average molecular weight is 424 g/mol. The molecule has 2 aromatic heterocycles. The van der Waals surface area contributed by atoms with Crippen LogP contribution in [0.2, 0.25) is 0 Å². The first kappa shape index (κ1) is 21.1. The monoisotopic (exact) mass is 423 g/mol. The van der Waals surface area contributed by atoms with Crippen molar-refractivity contribution in [3.05, 3.63) is 46.8 Å². The molecule has 2 heterocycles. The first-order valence-electron chi connectivity index (χ1n) is 10.7. The van der Waals surface area contributed by atoms with E-state index in [2.05, 4.69) is 10.4 Å². The minimum atomic E-state index is -0.603. The van der Waals surface area contributed by atoms with Crippen molar-refractivity contribution in [1.82, 2.24) is 24.6 Å². The number of aromatic nitrogens is 4. The van der Waals surface area contributed by atoms with E-state index in [1.165, 1.54) is 0 Å². The van der Waals surface area contributed by atoms with Gasteiger partial charge in [-0.3, -0.25) is 14.0 Å². The number of aryl methyl sites for hydroxylation is 1. The highest BCUT2D eigenvalue weighted by atomic mass is 16.6. The Balaban J connectivity index is 1.84. The molecule has 31 heavy (non-hydrogen) atoms. The summed E-state index contributed by atoms with van der Waals surface area (Å²) in [5.74, 6) is 0.580. The zero-order valence-corrected chi connectivity index (χ0v) is 18.7. The third kappa shape index (κ3) is 4.33. The van der Waals surface area contributed by atoms with Crippen LogP contribution in [0.3, 0.4) is 0 Å². The standard InChI is InChI=1S/C23H29N5O3/c1-6-17(26-22(30)31-23(2,3)4)20-25-18-9-7-8-16(14-12-24-27(5)13-14)19(18)21(29)28(20)15-10-11-15/h7-9,12-13,15,17H,6,10-11H2,1-5H3,(H,26,30)/t17-/m0/s1. The number of carbonyl (C=O) groups is 1. The summed E-state index contributed by atoms with van der Waals surface area (Å²) in [7, 11) is 1.85. The molecular formula is C23H29N5O3. The number of ether oxygens (including phenoxy) is 1. The minimum absolute atomic E-state index is 0.0774. The second-order valence-corrected chi connectivity index (χ2v) is 9.09. The molecule has 0 bridgehead atoms. The van der Waals surface area contributed by atoms with Crippen LogP contribution < -0.4 is 10.9 Å². The van der Waals surface area contributed by atoms with Crippen LogP contribution in [0.25, 0.3) is 22.0 Å². The van der Waals surface area contributed by atoms with E-state index in [1.807, 2.05) is 59.1 Å². The van der Waals surface area contributed by atoms with E-state index in [1.54, 1.807) is 15.4 Å². The van der Waals surface area contributed by atoms with Crippen LogP contribution in [0.15, 0.2) is 35.4 Å². The summed E-state index contributed by atoms with van der Waals surface area (Å²) in [4.78, 5) is 31.0. The first-order chi connectivity index (χ1) is 14.7. The summed E-state index contributed by atoms with van der Waals surface area (Å²) in [6.07, 6.45) is 5.58. The van der Waals surface area contributed by atoms with E-state index in [0.29, 0.717) is 23.1 Å². The quantitative estimate of drug-likeness (QED) is 0.667. The Morgan fingerprint density at radius 3 is 2.65 bits per heavy atom. The van der Waals surface area contributed by atoms with Gasteiger partial charge in [-0.1, -0.05) is 19.1 Å². The van der Waals surface area contributed by atoms with Crippen molar-refractivity contribution in [2.75, 3.05) is 0 Å². The van der Waals surface area contributed by atoms with E-state index in [4.69, 9.17) is 9.72 Å². The molecule has 1 aliphatic rings. The van der Waals surface area contributed by atoms with E-state index in [9.17, 15) is 9.59 Å². The van der Waals surface area contributed by atoms with Crippen molar-refractivity contribution in [1.29, 1.82) is 0 Å². The highest BCUT2D eigenvalue weighted by Gasteiger charge is 2.32. The number of amides is 1. The van der Waals surface area contributed by atoms with Crippen molar-refractivity contribution in [3.63, 3.8) is 0 Å². The van der Waals surface area contributed by atoms with Gasteiger partial charge >= 0.3 is 6.09 Å². The molecule has 0 saturated heterocycles. The van der Waals surface area contributed by atoms with Gasteiger partial charge in [-0.15, -0.1) is 0 Å². The molecule has 1 aromatic carbocycles. The topological polar surface area (TPSA) is 91.0 Å². The molecule has 0 spiro atoms. The van der Waals surface area contributed by atoms with E-state index < -0.39 is 17.7 Å². The van der Waals surface area contributed by atoms with Crippen LogP contribution >= 0.6 is 0 Å². The molecule has 1 amide bonds. The summed E-state index contributed by atoms with van der Waals surface area (Å²) in [5, 5.41) is 7.74. The fourth-order valence-corrected chi connectivity index (χ4v) is 3.79. The van der Waals surface area contributed by atoms with Crippen LogP contribution in [0.5, 0.6) is 0 Å². The Hall–Kier alpha value is -3.16. The Labute approximate surface area is 181 Å². The van der Waals surface area contributed by atoms with Gasteiger partial charge in [0.25, 0.3) is 5.56 Å². The lowest BCUT2D eigenvalue weighted by Crippen LogP contribution is -2.38. The Morgan fingerprint density at radius 1 is 1.32 bits per heavy atom. The molecule has 0 radical (unpaired) electrons. The maximum atomic E-state index is 13.7. The molecule has 0 unspecified atom stereocenters. The molecule has 8 nitrogen and oxygen atoms in total. The number of fused-ring (bicyclic) bond motifs is 1. The third-order valence-corrected chi connectivity index (χ3v) is 5.30. The second-order valence-electron chi connectivity index (χ2n) is 9.09. The molecule has 1 N–H and O–H groups in total. The number of carbonyl (C=O) groups excluding carboxylic acids is 1. The summed E-state index contributed by atoms with van der Waals surface area (Å²) in [5.41, 5.74) is 1.63. The lowest BCUT2D eigenvalue weighted by atomic mass is 10.0. The molecule has 8 heteroatoms. The SMILES string of the molecule is CC[C@H](NC(=O)OC(C)(C)C)c1nc2cccc(-c3cnn(C)c3)c2c(=O)n1C1CC1. The number of hydrogen-bond donors (Lipinski definition) is 1. The lowest BCUT2D eigenvalue weighted by Gasteiger charge is -2.25. The maximum absolute atomic E-state index is 13.7. The zero-order valence-electron chi connectivity index (χ0n) is 18.7. The molecule has 164 valence electrons.